The molecular weight excluding hydrogens is 476 g/mol. The Labute approximate surface area is 214 Å². The molecule has 0 radical (unpaired) electrons. The maximum atomic E-state index is 13.1. The van der Waals surface area contributed by atoms with E-state index in [4.69, 9.17) is 4.74 Å². The van der Waals surface area contributed by atoms with E-state index in [0.29, 0.717) is 6.54 Å². The van der Waals surface area contributed by atoms with Crippen molar-refractivity contribution in [2.45, 2.75) is 25.5 Å². The molecule has 5 nitrogen and oxygen atoms in total. The van der Waals surface area contributed by atoms with Gasteiger partial charge in [0.15, 0.2) is 0 Å². The maximum absolute atomic E-state index is 13.1. The van der Waals surface area contributed by atoms with Gasteiger partial charge in [0.05, 0.1) is 0 Å². The molecule has 0 saturated carbocycles. The van der Waals surface area contributed by atoms with Crippen molar-refractivity contribution in [1.82, 2.24) is 15.1 Å². The molecular formula is C26H36Cl2FN3O2. The van der Waals surface area contributed by atoms with E-state index in [1.165, 1.54) is 29.7 Å². The number of rotatable bonds is 8. The van der Waals surface area contributed by atoms with Crippen molar-refractivity contribution in [3.05, 3.63) is 71.6 Å². The van der Waals surface area contributed by atoms with Crippen molar-refractivity contribution in [2.75, 3.05) is 52.4 Å². The highest BCUT2D eigenvalue weighted by Crippen LogP contribution is 2.22. The van der Waals surface area contributed by atoms with Crippen LogP contribution in [0.4, 0.5) is 4.39 Å². The summed E-state index contributed by atoms with van der Waals surface area (Å²) in [5, 5.41) is 13.9. The van der Waals surface area contributed by atoms with Crippen molar-refractivity contribution in [2.24, 2.45) is 0 Å². The number of ether oxygens (including phenoxy) is 1. The van der Waals surface area contributed by atoms with Crippen LogP contribution in [-0.2, 0) is 6.54 Å². The third kappa shape index (κ3) is 8.84. The minimum atomic E-state index is -0.542. The largest absolute Gasteiger partial charge is 0.491 e. The van der Waals surface area contributed by atoms with Crippen LogP contribution >= 0.6 is 24.8 Å². The summed E-state index contributed by atoms with van der Waals surface area (Å²) >= 11 is 0. The number of benzene rings is 2. The summed E-state index contributed by atoms with van der Waals surface area (Å²) in [4.78, 5) is 4.70. The highest BCUT2D eigenvalue weighted by molar-refractivity contribution is 5.85. The molecule has 2 N–H and O–H groups in total. The number of nitrogens with one attached hydrogen (secondary N) is 1. The second-order valence-corrected chi connectivity index (χ2v) is 8.73. The van der Waals surface area contributed by atoms with Crippen LogP contribution in [0, 0.1) is 5.82 Å². The number of nitrogens with zero attached hydrogens (tertiary/aromatic N) is 2. The van der Waals surface area contributed by atoms with E-state index in [0.717, 1.165) is 63.5 Å². The number of aliphatic hydroxyl groups is 1. The zero-order valence-electron chi connectivity index (χ0n) is 19.5. The standard InChI is InChI=1S/C26H34FN3O2.2ClH/c27-24-6-4-22(5-7-24)23-10-15-30(16-11-23)19-25(31)20-32-26-8-2-21(3-9-26)18-29-14-1-12-28-13-17-29;;/h2-10,25,28,31H,1,11-20H2;2*1H. The average molecular weight is 512 g/mol. The molecule has 0 amide bonds. The van der Waals surface area contributed by atoms with Gasteiger partial charge < -0.3 is 15.2 Å². The second-order valence-electron chi connectivity index (χ2n) is 8.73. The van der Waals surface area contributed by atoms with Crippen molar-refractivity contribution in [3.63, 3.8) is 0 Å². The summed E-state index contributed by atoms with van der Waals surface area (Å²) in [5.41, 5.74) is 3.60. The number of β-amino-alcohol motifs (C(OH)–C–C–N with tert-alkyl or cyclic N) is 1. The van der Waals surface area contributed by atoms with Gasteiger partial charge in [0.1, 0.15) is 24.3 Å². The zero-order chi connectivity index (χ0) is 22.2. The topological polar surface area (TPSA) is 48.0 Å². The molecule has 2 aliphatic rings. The Hall–Kier alpha value is -1.67. The molecule has 2 heterocycles. The fraction of sp³-hybridized carbons (Fsp3) is 0.462. The first kappa shape index (κ1) is 28.6. The third-order valence-corrected chi connectivity index (χ3v) is 6.18. The highest BCUT2D eigenvalue weighted by atomic mass is 35.5. The summed E-state index contributed by atoms with van der Waals surface area (Å²) in [5.74, 6) is 0.585. The van der Waals surface area contributed by atoms with Gasteiger partial charge in [-0.05, 0) is 66.9 Å². The van der Waals surface area contributed by atoms with Crippen LogP contribution in [0.1, 0.15) is 24.0 Å². The van der Waals surface area contributed by atoms with Crippen LogP contribution in [0.25, 0.3) is 5.57 Å². The van der Waals surface area contributed by atoms with Crippen LogP contribution in [0.5, 0.6) is 5.75 Å². The third-order valence-electron chi connectivity index (χ3n) is 6.18. The molecule has 1 saturated heterocycles. The van der Waals surface area contributed by atoms with E-state index in [9.17, 15) is 9.50 Å². The molecule has 2 aromatic carbocycles. The summed E-state index contributed by atoms with van der Waals surface area (Å²) in [6.07, 6.45) is 3.72. The molecule has 1 fully saturated rings. The monoisotopic (exact) mass is 511 g/mol. The molecule has 34 heavy (non-hydrogen) atoms. The lowest BCUT2D eigenvalue weighted by molar-refractivity contribution is 0.0717. The second kappa shape index (κ2) is 14.7. The lowest BCUT2D eigenvalue weighted by Crippen LogP contribution is -2.38. The zero-order valence-corrected chi connectivity index (χ0v) is 21.1. The van der Waals surface area contributed by atoms with Crippen molar-refractivity contribution >= 4 is 30.4 Å². The van der Waals surface area contributed by atoms with Crippen molar-refractivity contribution in [3.8, 4) is 5.75 Å². The molecule has 0 spiro atoms. The lowest BCUT2D eigenvalue weighted by Gasteiger charge is -2.28. The van der Waals surface area contributed by atoms with Gasteiger partial charge in [-0.2, -0.15) is 0 Å². The minimum Gasteiger partial charge on any atom is -0.491 e. The number of halogens is 3. The predicted molar refractivity (Wildman–Crippen MR) is 141 cm³/mol. The van der Waals surface area contributed by atoms with E-state index in [1.54, 1.807) is 0 Å². The molecule has 188 valence electrons. The molecule has 1 atom stereocenters. The van der Waals surface area contributed by atoms with Gasteiger partial charge in [-0.15, -0.1) is 24.8 Å². The first-order chi connectivity index (χ1) is 15.7. The van der Waals surface area contributed by atoms with Gasteiger partial charge in [-0.1, -0.05) is 30.3 Å². The Balaban J connectivity index is 0.00000204. The van der Waals surface area contributed by atoms with Gasteiger partial charge in [-0.25, -0.2) is 4.39 Å². The smallest absolute Gasteiger partial charge is 0.123 e. The Morgan fingerprint density at radius 3 is 2.41 bits per heavy atom. The fourth-order valence-corrected chi connectivity index (χ4v) is 4.36. The molecule has 0 aromatic heterocycles. The van der Waals surface area contributed by atoms with Crippen LogP contribution < -0.4 is 10.1 Å². The molecule has 0 aliphatic carbocycles. The van der Waals surface area contributed by atoms with E-state index in [-0.39, 0.29) is 37.2 Å². The van der Waals surface area contributed by atoms with Gasteiger partial charge >= 0.3 is 0 Å². The molecule has 1 unspecified atom stereocenters. The normalized spacial score (nSPS) is 18.1. The van der Waals surface area contributed by atoms with Gasteiger partial charge in [-0.3, -0.25) is 9.80 Å². The Bertz CT molecular complexity index is 873. The number of hydrogen-bond donors (Lipinski definition) is 2. The fourth-order valence-electron chi connectivity index (χ4n) is 4.36. The summed E-state index contributed by atoms with van der Waals surface area (Å²) in [6, 6.07) is 14.9. The molecule has 2 aliphatic heterocycles. The summed E-state index contributed by atoms with van der Waals surface area (Å²) in [6.45, 7) is 7.86. The van der Waals surface area contributed by atoms with Gasteiger partial charge in [0.25, 0.3) is 0 Å². The average Bonchev–Trinajstić information content (AvgIpc) is 3.08. The minimum absolute atomic E-state index is 0. The van der Waals surface area contributed by atoms with Crippen LogP contribution in [0.2, 0.25) is 0 Å². The van der Waals surface area contributed by atoms with Crippen molar-refractivity contribution in [1.29, 1.82) is 0 Å². The maximum Gasteiger partial charge on any atom is 0.123 e. The quantitative estimate of drug-likeness (QED) is 0.560. The van der Waals surface area contributed by atoms with Crippen LogP contribution in [0.15, 0.2) is 54.6 Å². The Morgan fingerprint density at radius 1 is 0.941 bits per heavy atom. The van der Waals surface area contributed by atoms with Gasteiger partial charge in [0, 0.05) is 39.3 Å². The number of aliphatic hydroxyl groups excluding tert-OH is 1. The molecule has 0 bridgehead atoms. The van der Waals surface area contributed by atoms with Crippen LogP contribution in [-0.4, -0.2) is 73.4 Å². The molecule has 2 aromatic rings. The first-order valence-corrected chi connectivity index (χ1v) is 11.7. The summed E-state index contributed by atoms with van der Waals surface area (Å²) < 4.78 is 18.9. The Morgan fingerprint density at radius 2 is 1.71 bits per heavy atom. The van der Waals surface area contributed by atoms with E-state index in [2.05, 4.69) is 33.3 Å². The SMILES string of the molecule is Cl.Cl.OC(COc1ccc(CN2CCCNCC2)cc1)CN1CC=C(c2ccc(F)cc2)CC1. The lowest BCUT2D eigenvalue weighted by atomic mass is 9.99. The summed E-state index contributed by atoms with van der Waals surface area (Å²) in [7, 11) is 0. The Kier molecular flexibility index (Phi) is 12.3. The van der Waals surface area contributed by atoms with E-state index >= 15 is 0 Å². The van der Waals surface area contributed by atoms with Crippen molar-refractivity contribution < 1.29 is 14.2 Å². The highest BCUT2D eigenvalue weighted by Gasteiger charge is 2.17. The van der Waals surface area contributed by atoms with Crippen LogP contribution in [0.3, 0.4) is 0 Å². The first-order valence-electron chi connectivity index (χ1n) is 11.7. The van der Waals surface area contributed by atoms with Gasteiger partial charge in [0.2, 0.25) is 0 Å². The van der Waals surface area contributed by atoms with E-state index in [1.807, 2.05) is 24.3 Å². The van der Waals surface area contributed by atoms with E-state index < -0.39 is 6.10 Å². The molecule has 4 rings (SSSR count). The number of hydrogen-bond acceptors (Lipinski definition) is 5. The predicted octanol–water partition coefficient (Wildman–Crippen LogP) is 3.99. The molecule has 8 heteroatoms.